The fraction of sp³-hybridized carbons (Fsp3) is 0.714. The van der Waals surface area contributed by atoms with E-state index in [1.165, 1.54) is 0 Å². The van der Waals surface area contributed by atoms with Crippen molar-refractivity contribution in [3.63, 3.8) is 0 Å². The third-order valence-electron chi connectivity index (χ3n) is 3.93. The molecular weight excluding hydrogens is 260 g/mol. The minimum atomic E-state index is -0.647. The van der Waals surface area contributed by atoms with Gasteiger partial charge in [-0.15, -0.1) is 11.3 Å². The Bertz CT molecular complexity index is 442. The lowest BCUT2D eigenvalue weighted by Gasteiger charge is -2.39. The molecule has 1 aliphatic rings. The minimum Gasteiger partial charge on any atom is -0.481 e. The summed E-state index contributed by atoms with van der Waals surface area (Å²) in [5.41, 5.74) is 0.521. The van der Waals surface area contributed by atoms with Crippen LogP contribution in [0.2, 0.25) is 0 Å². The van der Waals surface area contributed by atoms with Crippen LogP contribution >= 0.6 is 11.3 Å². The quantitative estimate of drug-likeness (QED) is 0.901. The van der Waals surface area contributed by atoms with E-state index in [0.29, 0.717) is 6.54 Å². The van der Waals surface area contributed by atoms with E-state index in [9.17, 15) is 9.90 Å². The van der Waals surface area contributed by atoms with Gasteiger partial charge in [-0.25, -0.2) is 4.98 Å². The van der Waals surface area contributed by atoms with Crippen LogP contribution in [-0.2, 0) is 11.2 Å². The summed E-state index contributed by atoms with van der Waals surface area (Å²) in [6.07, 6.45) is 4.33. The maximum atomic E-state index is 11.7. The van der Waals surface area contributed by atoms with Gasteiger partial charge < -0.3 is 10.0 Å². The Morgan fingerprint density at radius 3 is 2.95 bits per heavy atom. The van der Waals surface area contributed by atoms with Crippen molar-refractivity contribution in [1.82, 2.24) is 4.98 Å². The first-order chi connectivity index (χ1) is 9.11. The summed E-state index contributed by atoms with van der Waals surface area (Å²) in [6.45, 7) is 5.68. The number of carboxylic acid groups (broad SMARTS) is 1. The maximum absolute atomic E-state index is 11.7. The number of carboxylic acids is 1. The van der Waals surface area contributed by atoms with Gasteiger partial charge in [0.2, 0.25) is 0 Å². The van der Waals surface area contributed by atoms with Gasteiger partial charge in [-0.1, -0.05) is 20.3 Å². The third kappa shape index (κ3) is 2.91. The normalized spacial score (nSPS) is 23.6. The predicted octanol–water partition coefficient (Wildman–Crippen LogP) is 3.18. The first kappa shape index (κ1) is 14.3. The molecule has 0 saturated carbocycles. The molecule has 1 N–H and O–H groups in total. The Balaban J connectivity index is 2.17. The van der Waals surface area contributed by atoms with Crippen molar-refractivity contribution < 1.29 is 9.90 Å². The number of hydrogen-bond donors (Lipinski definition) is 1. The van der Waals surface area contributed by atoms with Gasteiger partial charge in [-0.2, -0.15) is 0 Å². The van der Waals surface area contributed by atoms with Crippen molar-refractivity contribution in [2.24, 2.45) is 5.41 Å². The lowest BCUT2D eigenvalue weighted by molar-refractivity contribution is -0.150. The zero-order valence-corrected chi connectivity index (χ0v) is 12.5. The topological polar surface area (TPSA) is 53.4 Å². The van der Waals surface area contributed by atoms with E-state index < -0.39 is 11.4 Å². The Morgan fingerprint density at radius 1 is 1.58 bits per heavy atom. The number of piperidine rings is 1. The fourth-order valence-corrected chi connectivity index (χ4v) is 3.80. The van der Waals surface area contributed by atoms with Crippen molar-refractivity contribution in [2.75, 3.05) is 18.0 Å². The number of hydrogen-bond acceptors (Lipinski definition) is 4. The average Bonchev–Trinajstić information content (AvgIpc) is 2.88. The monoisotopic (exact) mass is 282 g/mol. The highest BCUT2D eigenvalue weighted by Gasteiger charge is 2.42. The van der Waals surface area contributed by atoms with Gasteiger partial charge in [0.1, 0.15) is 0 Å². The average molecular weight is 282 g/mol. The van der Waals surface area contributed by atoms with Crippen LogP contribution in [0.25, 0.3) is 0 Å². The fourth-order valence-electron chi connectivity index (χ4n) is 2.86. The maximum Gasteiger partial charge on any atom is 0.311 e. The van der Waals surface area contributed by atoms with Crippen molar-refractivity contribution >= 4 is 22.4 Å². The molecule has 0 amide bonds. The molecule has 0 radical (unpaired) electrons. The summed E-state index contributed by atoms with van der Waals surface area (Å²) in [4.78, 5) is 18.4. The molecule has 5 heteroatoms. The summed E-state index contributed by atoms with van der Waals surface area (Å²) in [5, 5.41) is 12.7. The first-order valence-corrected chi connectivity index (χ1v) is 7.92. The van der Waals surface area contributed by atoms with Crippen LogP contribution in [0.1, 0.15) is 45.2 Å². The zero-order valence-electron chi connectivity index (χ0n) is 11.7. The molecule has 0 aliphatic carbocycles. The molecule has 1 aromatic rings. The highest BCUT2D eigenvalue weighted by atomic mass is 32.1. The second kappa shape index (κ2) is 5.90. The molecule has 0 spiro atoms. The second-order valence-corrected chi connectivity index (χ2v) is 6.17. The largest absolute Gasteiger partial charge is 0.481 e. The van der Waals surface area contributed by atoms with Gasteiger partial charge in [-0.05, 0) is 25.7 Å². The number of anilines is 1. The van der Waals surface area contributed by atoms with Gasteiger partial charge in [0.05, 0.1) is 11.1 Å². The number of aryl methyl sites for hydroxylation is 1. The van der Waals surface area contributed by atoms with E-state index in [1.54, 1.807) is 11.3 Å². The Morgan fingerprint density at radius 2 is 2.37 bits per heavy atom. The summed E-state index contributed by atoms with van der Waals surface area (Å²) in [5.74, 6) is -0.647. The molecule has 106 valence electrons. The molecule has 1 aliphatic heterocycles. The van der Waals surface area contributed by atoms with Crippen LogP contribution in [0.15, 0.2) is 5.38 Å². The van der Waals surface area contributed by atoms with Crippen LogP contribution in [0.3, 0.4) is 0 Å². The predicted molar refractivity (Wildman–Crippen MR) is 77.9 cm³/mol. The second-order valence-electron chi connectivity index (χ2n) is 5.34. The molecule has 1 unspecified atom stereocenters. The summed E-state index contributed by atoms with van der Waals surface area (Å²) < 4.78 is 0. The number of aromatic nitrogens is 1. The van der Waals surface area contributed by atoms with Gasteiger partial charge in [0.25, 0.3) is 0 Å². The van der Waals surface area contributed by atoms with Crippen LogP contribution in [0.4, 0.5) is 5.13 Å². The lowest BCUT2D eigenvalue weighted by Crippen LogP contribution is -2.48. The summed E-state index contributed by atoms with van der Waals surface area (Å²) in [6, 6.07) is 0. The van der Waals surface area contributed by atoms with E-state index in [1.807, 2.05) is 0 Å². The molecule has 19 heavy (non-hydrogen) atoms. The zero-order chi connectivity index (χ0) is 13.9. The van der Waals surface area contributed by atoms with Gasteiger partial charge >= 0.3 is 5.97 Å². The van der Waals surface area contributed by atoms with E-state index in [-0.39, 0.29) is 0 Å². The lowest BCUT2D eigenvalue weighted by atomic mass is 9.76. The number of aliphatic carboxylic acids is 1. The van der Waals surface area contributed by atoms with Crippen molar-refractivity contribution in [1.29, 1.82) is 0 Å². The van der Waals surface area contributed by atoms with E-state index in [4.69, 9.17) is 0 Å². The molecule has 1 fully saturated rings. The molecule has 2 heterocycles. The molecule has 0 bridgehead atoms. The highest BCUT2D eigenvalue weighted by molar-refractivity contribution is 7.13. The molecule has 0 aromatic carbocycles. The van der Waals surface area contributed by atoms with Gasteiger partial charge in [-0.3, -0.25) is 4.79 Å². The standard InChI is InChI=1S/C14H22N2O2S/c1-3-6-14(12(17)18)7-5-8-16(10-14)13-15-11(4-2)9-19-13/h9H,3-8,10H2,1-2H3,(H,17,18). The van der Waals surface area contributed by atoms with Crippen LogP contribution in [0.5, 0.6) is 0 Å². The molecule has 1 atom stereocenters. The van der Waals surface area contributed by atoms with E-state index in [2.05, 4.69) is 29.1 Å². The smallest absolute Gasteiger partial charge is 0.311 e. The first-order valence-electron chi connectivity index (χ1n) is 7.04. The van der Waals surface area contributed by atoms with Gasteiger partial charge in [0.15, 0.2) is 5.13 Å². The Hall–Kier alpha value is -1.10. The molecule has 1 saturated heterocycles. The Labute approximate surface area is 118 Å². The number of thiazole rings is 1. The molecule has 1 aromatic heterocycles. The van der Waals surface area contributed by atoms with Gasteiger partial charge in [0, 0.05) is 18.5 Å². The molecule has 2 rings (SSSR count). The summed E-state index contributed by atoms with van der Waals surface area (Å²) >= 11 is 1.63. The van der Waals surface area contributed by atoms with Crippen molar-refractivity contribution in [3.05, 3.63) is 11.1 Å². The molecule has 4 nitrogen and oxygen atoms in total. The molecular formula is C14H22N2O2S. The number of nitrogens with zero attached hydrogens (tertiary/aromatic N) is 2. The van der Waals surface area contributed by atoms with E-state index >= 15 is 0 Å². The number of rotatable bonds is 5. The van der Waals surface area contributed by atoms with Crippen LogP contribution < -0.4 is 4.90 Å². The number of carbonyl (C=O) groups is 1. The van der Waals surface area contributed by atoms with Crippen molar-refractivity contribution in [2.45, 2.75) is 46.0 Å². The van der Waals surface area contributed by atoms with Crippen LogP contribution in [0, 0.1) is 5.41 Å². The minimum absolute atomic E-state index is 0.578. The third-order valence-corrected chi connectivity index (χ3v) is 4.88. The van der Waals surface area contributed by atoms with Crippen LogP contribution in [-0.4, -0.2) is 29.1 Å². The van der Waals surface area contributed by atoms with E-state index in [0.717, 1.165) is 49.5 Å². The SMILES string of the molecule is CCCC1(C(=O)O)CCCN(c2nc(CC)cs2)C1. The highest BCUT2D eigenvalue weighted by Crippen LogP contribution is 2.37. The Kier molecular flexibility index (Phi) is 4.45. The van der Waals surface area contributed by atoms with Crippen molar-refractivity contribution in [3.8, 4) is 0 Å². The summed E-state index contributed by atoms with van der Waals surface area (Å²) in [7, 11) is 0.